The molecule has 2 rings (SSSR count). The Balaban J connectivity index is 1.98. The minimum atomic E-state index is -1.05. The lowest BCUT2D eigenvalue weighted by Gasteiger charge is -2.19. The van der Waals surface area contributed by atoms with Gasteiger partial charge in [-0.2, -0.15) is 0 Å². The van der Waals surface area contributed by atoms with E-state index < -0.39 is 5.97 Å². The fraction of sp³-hybridized carbons (Fsp3) is 0.312. The summed E-state index contributed by atoms with van der Waals surface area (Å²) >= 11 is 0. The number of furan rings is 1. The Morgan fingerprint density at radius 2 is 1.80 bits per heavy atom. The molecular formula is C16H19NO3. The number of nitrogens with one attached hydrogen (secondary N) is 1. The molecule has 20 heavy (non-hydrogen) atoms. The van der Waals surface area contributed by atoms with Gasteiger partial charge in [0, 0.05) is 5.69 Å². The summed E-state index contributed by atoms with van der Waals surface area (Å²) in [6.45, 7) is 6.98. The zero-order chi connectivity index (χ0) is 14.8. The van der Waals surface area contributed by atoms with E-state index in [0.29, 0.717) is 12.3 Å². The molecule has 0 fully saturated rings. The Morgan fingerprint density at radius 3 is 2.30 bits per heavy atom. The second kappa shape index (κ2) is 5.41. The van der Waals surface area contributed by atoms with Crippen LogP contribution in [0, 0.1) is 0 Å². The highest BCUT2D eigenvalue weighted by Crippen LogP contribution is 2.23. The van der Waals surface area contributed by atoms with Crippen LogP contribution in [0.15, 0.2) is 40.8 Å². The molecule has 2 aromatic rings. The van der Waals surface area contributed by atoms with Crippen LogP contribution in [0.2, 0.25) is 0 Å². The maximum absolute atomic E-state index is 10.7. The molecule has 4 nitrogen and oxygen atoms in total. The largest absolute Gasteiger partial charge is 0.475 e. The first-order chi connectivity index (χ1) is 9.36. The van der Waals surface area contributed by atoms with Crippen LogP contribution in [-0.2, 0) is 12.0 Å². The van der Waals surface area contributed by atoms with Crippen molar-refractivity contribution in [1.82, 2.24) is 0 Å². The monoisotopic (exact) mass is 273 g/mol. The van der Waals surface area contributed by atoms with E-state index in [2.05, 4.69) is 38.2 Å². The molecule has 1 aromatic carbocycles. The van der Waals surface area contributed by atoms with E-state index in [4.69, 9.17) is 9.52 Å². The normalized spacial score (nSPS) is 11.3. The lowest BCUT2D eigenvalue weighted by atomic mass is 9.87. The molecule has 1 heterocycles. The van der Waals surface area contributed by atoms with Crippen molar-refractivity contribution in [3.05, 3.63) is 53.5 Å². The first kappa shape index (κ1) is 14.2. The first-order valence-corrected chi connectivity index (χ1v) is 6.53. The lowest BCUT2D eigenvalue weighted by molar-refractivity contribution is 0.0660. The Labute approximate surface area is 118 Å². The van der Waals surface area contributed by atoms with Crippen LogP contribution in [0.3, 0.4) is 0 Å². The zero-order valence-electron chi connectivity index (χ0n) is 11.9. The summed E-state index contributed by atoms with van der Waals surface area (Å²) in [4.78, 5) is 10.7. The Hall–Kier alpha value is -2.23. The summed E-state index contributed by atoms with van der Waals surface area (Å²) in [6, 6.07) is 11.3. The maximum atomic E-state index is 10.7. The Morgan fingerprint density at radius 1 is 1.15 bits per heavy atom. The van der Waals surface area contributed by atoms with Gasteiger partial charge in [0.15, 0.2) is 0 Å². The van der Waals surface area contributed by atoms with Crippen LogP contribution >= 0.6 is 0 Å². The number of aromatic carboxylic acids is 1. The summed E-state index contributed by atoms with van der Waals surface area (Å²) in [5.41, 5.74) is 2.39. The highest BCUT2D eigenvalue weighted by molar-refractivity contribution is 5.84. The molecule has 0 aliphatic carbocycles. The van der Waals surface area contributed by atoms with Gasteiger partial charge in [0.2, 0.25) is 5.76 Å². The third-order valence-electron chi connectivity index (χ3n) is 3.09. The van der Waals surface area contributed by atoms with Crippen molar-refractivity contribution < 1.29 is 14.3 Å². The third kappa shape index (κ3) is 3.41. The van der Waals surface area contributed by atoms with Gasteiger partial charge in [-0.05, 0) is 35.2 Å². The summed E-state index contributed by atoms with van der Waals surface area (Å²) in [7, 11) is 0. The summed E-state index contributed by atoms with van der Waals surface area (Å²) < 4.78 is 5.18. The molecule has 4 heteroatoms. The van der Waals surface area contributed by atoms with Gasteiger partial charge in [-0.3, -0.25) is 0 Å². The fourth-order valence-electron chi connectivity index (χ4n) is 1.87. The van der Waals surface area contributed by atoms with E-state index >= 15 is 0 Å². The average Bonchev–Trinajstić information content (AvgIpc) is 2.85. The molecule has 0 saturated heterocycles. The zero-order valence-corrected chi connectivity index (χ0v) is 11.9. The van der Waals surface area contributed by atoms with Crippen molar-refractivity contribution in [3.8, 4) is 0 Å². The van der Waals surface area contributed by atoms with Gasteiger partial charge in [-0.25, -0.2) is 4.79 Å². The molecule has 0 bridgehead atoms. The van der Waals surface area contributed by atoms with Gasteiger partial charge >= 0.3 is 5.97 Å². The number of carboxylic acids is 1. The van der Waals surface area contributed by atoms with Gasteiger partial charge in [0.1, 0.15) is 5.76 Å². The van der Waals surface area contributed by atoms with Crippen molar-refractivity contribution >= 4 is 11.7 Å². The molecular weight excluding hydrogens is 254 g/mol. The number of anilines is 1. The van der Waals surface area contributed by atoms with Gasteiger partial charge in [0.25, 0.3) is 0 Å². The molecule has 2 N–H and O–H groups in total. The standard InChI is InChI=1S/C16H19NO3/c1-16(2,3)11-4-6-12(7-5-11)17-10-13-8-9-14(20-13)15(18)19/h4-9,17H,10H2,1-3H3,(H,18,19). The van der Waals surface area contributed by atoms with E-state index in [-0.39, 0.29) is 11.2 Å². The van der Waals surface area contributed by atoms with Crippen molar-refractivity contribution in [1.29, 1.82) is 0 Å². The van der Waals surface area contributed by atoms with Crippen molar-refractivity contribution in [3.63, 3.8) is 0 Å². The molecule has 0 amide bonds. The van der Waals surface area contributed by atoms with E-state index in [9.17, 15) is 4.79 Å². The van der Waals surface area contributed by atoms with E-state index in [1.807, 2.05) is 12.1 Å². The smallest absolute Gasteiger partial charge is 0.371 e. The van der Waals surface area contributed by atoms with Gasteiger partial charge in [-0.1, -0.05) is 32.9 Å². The van der Waals surface area contributed by atoms with Crippen LogP contribution < -0.4 is 5.32 Å². The summed E-state index contributed by atoms with van der Waals surface area (Å²) in [5, 5.41) is 12.0. The molecule has 106 valence electrons. The number of hydrogen-bond donors (Lipinski definition) is 2. The molecule has 0 spiro atoms. The number of carboxylic acid groups (broad SMARTS) is 1. The quantitative estimate of drug-likeness (QED) is 0.887. The molecule has 0 radical (unpaired) electrons. The second-order valence-corrected chi connectivity index (χ2v) is 5.75. The molecule has 0 saturated carbocycles. The molecule has 0 atom stereocenters. The van der Waals surface area contributed by atoms with Crippen LogP contribution in [0.1, 0.15) is 42.6 Å². The fourth-order valence-corrected chi connectivity index (χ4v) is 1.87. The average molecular weight is 273 g/mol. The van der Waals surface area contributed by atoms with E-state index in [0.717, 1.165) is 5.69 Å². The number of carbonyl (C=O) groups is 1. The predicted octanol–water partition coefficient (Wildman–Crippen LogP) is 3.89. The first-order valence-electron chi connectivity index (χ1n) is 6.53. The van der Waals surface area contributed by atoms with Crippen molar-refractivity contribution in [2.24, 2.45) is 0 Å². The minimum absolute atomic E-state index is 0.0371. The number of rotatable bonds is 4. The SMILES string of the molecule is CC(C)(C)c1ccc(NCc2ccc(C(=O)O)o2)cc1. The third-order valence-corrected chi connectivity index (χ3v) is 3.09. The Kier molecular flexibility index (Phi) is 3.84. The summed E-state index contributed by atoms with van der Waals surface area (Å²) in [6.07, 6.45) is 0. The van der Waals surface area contributed by atoms with Crippen LogP contribution in [0.4, 0.5) is 5.69 Å². The van der Waals surface area contributed by atoms with Gasteiger partial charge in [-0.15, -0.1) is 0 Å². The maximum Gasteiger partial charge on any atom is 0.371 e. The predicted molar refractivity (Wildman–Crippen MR) is 78.1 cm³/mol. The summed E-state index contributed by atoms with van der Waals surface area (Å²) in [5.74, 6) is -0.488. The van der Waals surface area contributed by atoms with Crippen LogP contribution in [-0.4, -0.2) is 11.1 Å². The number of benzene rings is 1. The Bertz CT molecular complexity index is 591. The van der Waals surface area contributed by atoms with E-state index in [1.165, 1.54) is 11.6 Å². The highest BCUT2D eigenvalue weighted by atomic mass is 16.4. The highest BCUT2D eigenvalue weighted by Gasteiger charge is 2.13. The van der Waals surface area contributed by atoms with Crippen LogP contribution in [0.5, 0.6) is 0 Å². The van der Waals surface area contributed by atoms with Gasteiger partial charge < -0.3 is 14.8 Å². The van der Waals surface area contributed by atoms with Crippen LogP contribution in [0.25, 0.3) is 0 Å². The topological polar surface area (TPSA) is 62.5 Å². The molecule has 0 unspecified atom stereocenters. The van der Waals surface area contributed by atoms with Crippen molar-refractivity contribution in [2.75, 3.05) is 5.32 Å². The number of hydrogen-bond acceptors (Lipinski definition) is 3. The second-order valence-electron chi connectivity index (χ2n) is 5.75. The van der Waals surface area contributed by atoms with Crippen molar-refractivity contribution in [2.45, 2.75) is 32.7 Å². The molecule has 0 aliphatic rings. The lowest BCUT2D eigenvalue weighted by Crippen LogP contribution is -2.10. The molecule has 1 aromatic heterocycles. The molecule has 0 aliphatic heterocycles. The minimum Gasteiger partial charge on any atom is -0.475 e. The van der Waals surface area contributed by atoms with E-state index in [1.54, 1.807) is 6.07 Å². The van der Waals surface area contributed by atoms with Gasteiger partial charge in [0.05, 0.1) is 6.54 Å².